The standard InChI is InChI=1S/C34H24N4/c1-34(2)27-18-25(21-7-9-22(10-8-21)30-20-38-15-5-14-36-33(38)37-30)16-23-11-12-24-17-26(29-6-3-4-13-35-29)19-28(34)32(24)31(23)27/h3-20H,1-2H3. The van der Waals surface area contributed by atoms with E-state index in [4.69, 9.17) is 0 Å². The van der Waals surface area contributed by atoms with E-state index in [1.54, 1.807) is 6.20 Å². The molecule has 7 aromatic rings. The molecule has 3 aromatic heterocycles. The summed E-state index contributed by atoms with van der Waals surface area (Å²) >= 11 is 0. The van der Waals surface area contributed by atoms with Gasteiger partial charge >= 0.3 is 0 Å². The summed E-state index contributed by atoms with van der Waals surface area (Å²) in [6, 6.07) is 30.6. The maximum absolute atomic E-state index is 4.68. The van der Waals surface area contributed by atoms with Gasteiger partial charge in [-0.1, -0.05) is 56.3 Å². The topological polar surface area (TPSA) is 43.1 Å². The molecule has 0 bridgehead atoms. The molecule has 0 spiro atoms. The average molecular weight is 489 g/mol. The van der Waals surface area contributed by atoms with E-state index in [1.807, 2.05) is 35.1 Å². The summed E-state index contributed by atoms with van der Waals surface area (Å²) < 4.78 is 1.95. The van der Waals surface area contributed by atoms with Crippen molar-refractivity contribution in [3.8, 4) is 33.6 Å². The van der Waals surface area contributed by atoms with Crippen molar-refractivity contribution in [2.45, 2.75) is 19.3 Å². The number of nitrogens with zero attached hydrogens (tertiary/aromatic N) is 4. The van der Waals surface area contributed by atoms with Crippen LogP contribution in [0.4, 0.5) is 0 Å². The summed E-state index contributed by atoms with van der Waals surface area (Å²) in [5.41, 5.74) is 9.30. The van der Waals surface area contributed by atoms with Crippen molar-refractivity contribution in [3.63, 3.8) is 0 Å². The number of benzene rings is 4. The van der Waals surface area contributed by atoms with Crippen molar-refractivity contribution in [1.29, 1.82) is 0 Å². The van der Waals surface area contributed by atoms with Crippen molar-refractivity contribution in [2.24, 2.45) is 0 Å². The quantitative estimate of drug-likeness (QED) is 0.236. The monoisotopic (exact) mass is 488 g/mol. The Morgan fingerprint density at radius 1 is 0.605 bits per heavy atom. The first-order valence-corrected chi connectivity index (χ1v) is 12.9. The Morgan fingerprint density at radius 3 is 2.00 bits per heavy atom. The molecule has 0 saturated heterocycles. The number of pyridine rings is 1. The highest BCUT2D eigenvalue weighted by Gasteiger charge is 2.35. The highest BCUT2D eigenvalue weighted by Crippen LogP contribution is 2.51. The molecule has 1 aliphatic rings. The van der Waals surface area contributed by atoms with Gasteiger partial charge in [-0.05, 0) is 86.3 Å². The van der Waals surface area contributed by atoms with Gasteiger partial charge in [0.15, 0.2) is 0 Å². The van der Waals surface area contributed by atoms with E-state index < -0.39 is 0 Å². The molecule has 4 aromatic carbocycles. The predicted molar refractivity (Wildman–Crippen MR) is 154 cm³/mol. The number of rotatable bonds is 3. The molecule has 0 fully saturated rings. The first-order valence-electron chi connectivity index (χ1n) is 12.9. The first kappa shape index (κ1) is 21.3. The lowest BCUT2D eigenvalue weighted by atomic mass is 9.80. The summed E-state index contributed by atoms with van der Waals surface area (Å²) in [7, 11) is 0. The third-order valence-electron chi connectivity index (χ3n) is 8.09. The Kier molecular flexibility index (Phi) is 4.25. The molecule has 0 saturated carbocycles. The summed E-state index contributed by atoms with van der Waals surface area (Å²) in [4.78, 5) is 13.6. The maximum atomic E-state index is 4.68. The highest BCUT2D eigenvalue weighted by molar-refractivity contribution is 6.16. The van der Waals surface area contributed by atoms with Crippen LogP contribution in [0.2, 0.25) is 0 Å². The third-order valence-corrected chi connectivity index (χ3v) is 8.09. The van der Waals surface area contributed by atoms with Gasteiger partial charge in [-0.2, -0.15) is 0 Å². The van der Waals surface area contributed by atoms with Crippen LogP contribution in [0.1, 0.15) is 25.0 Å². The Bertz CT molecular complexity index is 2000. The van der Waals surface area contributed by atoms with E-state index in [1.165, 1.54) is 49.4 Å². The second-order valence-electron chi connectivity index (χ2n) is 10.7. The molecule has 0 aliphatic heterocycles. The molecule has 4 nitrogen and oxygen atoms in total. The number of hydrogen-bond donors (Lipinski definition) is 0. The van der Waals surface area contributed by atoms with Crippen LogP contribution in [-0.2, 0) is 5.41 Å². The van der Waals surface area contributed by atoms with Crippen LogP contribution in [0.25, 0.3) is 61.0 Å². The second-order valence-corrected chi connectivity index (χ2v) is 10.7. The van der Waals surface area contributed by atoms with Gasteiger partial charge in [0.05, 0.1) is 11.4 Å². The molecular weight excluding hydrogens is 464 g/mol. The molecule has 3 heterocycles. The van der Waals surface area contributed by atoms with Crippen LogP contribution in [0.15, 0.2) is 110 Å². The lowest BCUT2D eigenvalue weighted by Gasteiger charge is -2.23. The fraction of sp³-hybridized carbons (Fsp3) is 0.0882. The fourth-order valence-electron chi connectivity index (χ4n) is 6.11. The molecule has 0 amide bonds. The minimum atomic E-state index is -0.107. The van der Waals surface area contributed by atoms with Crippen molar-refractivity contribution in [1.82, 2.24) is 19.4 Å². The summed E-state index contributed by atoms with van der Waals surface area (Å²) in [6.07, 6.45) is 7.64. The van der Waals surface area contributed by atoms with Gasteiger partial charge in [0, 0.05) is 41.3 Å². The van der Waals surface area contributed by atoms with Crippen LogP contribution in [-0.4, -0.2) is 19.4 Å². The smallest absolute Gasteiger partial charge is 0.234 e. The van der Waals surface area contributed by atoms with E-state index in [2.05, 4.69) is 102 Å². The lowest BCUT2D eigenvalue weighted by molar-refractivity contribution is 0.663. The fourth-order valence-corrected chi connectivity index (χ4v) is 6.11. The van der Waals surface area contributed by atoms with Gasteiger partial charge in [-0.15, -0.1) is 0 Å². The Labute approximate surface area is 220 Å². The van der Waals surface area contributed by atoms with E-state index in [0.717, 1.165) is 17.0 Å². The number of aromatic nitrogens is 4. The van der Waals surface area contributed by atoms with Gasteiger partial charge in [-0.3, -0.25) is 9.38 Å². The second kappa shape index (κ2) is 7.59. The van der Waals surface area contributed by atoms with Crippen LogP contribution in [0.3, 0.4) is 0 Å². The molecule has 4 heteroatoms. The predicted octanol–water partition coefficient (Wildman–Crippen LogP) is 8.07. The van der Waals surface area contributed by atoms with Crippen molar-refractivity contribution in [2.75, 3.05) is 0 Å². The molecule has 8 rings (SSSR count). The van der Waals surface area contributed by atoms with Gasteiger partial charge < -0.3 is 0 Å². The minimum Gasteiger partial charge on any atom is -0.291 e. The van der Waals surface area contributed by atoms with Gasteiger partial charge in [-0.25, -0.2) is 9.97 Å². The van der Waals surface area contributed by atoms with Crippen molar-refractivity contribution in [3.05, 3.63) is 121 Å². The molecule has 0 unspecified atom stereocenters. The zero-order valence-electron chi connectivity index (χ0n) is 21.2. The highest BCUT2D eigenvalue weighted by atomic mass is 15.1. The number of imidazole rings is 1. The molecule has 0 N–H and O–H groups in total. The van der Waals surface area contributed by atoms with Gasteiger partial charge in [0.2, 0.25) is 5.78 Å². The van der Waals surface area contributed by atoms with E-state index in [-0.39, 0.29) is 5.41 Å². The molecule has 0 atom stereocenters. The molecule has 0 radical (unpaired) electrons. The molecule has 1 aliphatic carbocycles. The summed E-state index contributed by atoms with van der Waals surface area (Å²) in [6.45, 7) is 4.70. The maximum Gasteiger partial charge on any atom is 0.234 e. The van der Waals surface area contributed by atoms with E-state index in [9.17, 15) is 0 Å². The summed E-state index contributed by atoms with van der Waals surface area (Å²) in [5, 5.41) is 5.33. The van der Waals surface area contributed by atoms with Crippen LogP contribution < -0.4 is 0 Å². The van der Waals surface area contributed by atoms with Gasteiger partial charge in [0.25, 0.3) is 0 Å². The number of fused-ring (bicyclic) bond motifs is 1. The largest absolute Gasteiger partial charge is 0.291 e. The normalized spacial score (nSPS) is 13.7. The Morgan fingerprint density at radius 2 is 1.29 bits per heavy atom. The summed E-state index contributed by atoms with van der Waals surface area (Å²) in [5.74, 6) is 0.712. The zero-order chi connectivity index (χ0) is 25.4. The molecule has 38 heavy (non-hydrogen) atoms. The lowest BCUT2D eigenvalue weighted by Crippen LogP contribution is -2.15. The van der Waals surface area contributed by atoms with Gasteiger partial charge in [0.1, 0.15) is 0 Å². The van der Waals surface area contributed by atoms with Crippen molar-refractivity contribution >= 4 is 27.3 Å². The average Bonchev–Trinajstić information content (AvgIpc) is 3.50. The third kappa shape index (κ3) is 3.00. The van der Waals surface area contributed by atoms with E-state index in [0.29, 0.717) is 5.78 Å². The SMILES string of the molecule is CC1(C)c2cc(-c3ccc(-c4cn5cccnc5n4)cc3)cc3ccc4cc(-c5ccccn5)cc1c4c23. The zero-order valence-corrected chi connectivity index (χ0v) is 21.2. The van der Waals surface area contributed by atoms with Crippen molar-refractivity contribution < 1.29 is 0 Å². The van der Waals surface area contributed by atoms with E-state index >= 15 is 0 Å². The molecule has 180 valence electrons. The van der Waals surface area contributed by atoms with Crippen LogP contribution in [0.5, 0.6) is 0 Å². The Balaban J connectivity index is 1.24. The van der Waals surface area contributed by atoms with Crippen LogP contribution in [0, 0.1) is 0 Å². The van der Waals surface area contributed by atoms with Crippen LogP contribution >= 0.6 is 0 Å². The first-order chi connectivity index (χ1) is 18.6. The minimum absolute atomic E-state index is 0.107. The number of hydrogen-bond acceptors (Lipinski definition) is 3. The Hall–Kier alpha value is -4.83. The molecular formula is C34H24N4.